The summed E-state index contributed by atoms with van der Waals surface area (Å²) in [5.74, 6) is -0.331. The Labute approximate surface area is 267 Å². The van der Waals surface area contributed by atoms with Crippen LogP contribution < -0.4 is 20.7 Å². The lowest BCUT2D eigenvalue weighted by atomic mass is 10.1. The summed E-state index contributed by atoms with van der Waals surface area (Å²) in [6.07, 6.45) is 2.20. The second kappa shape index (κ2) is 15.8. The maximum absolute atomic E-state index is 13.5. The molecule has 0 saturated carbocycles. The number of benzene rings is 4. The van der Waals surface area contributed by atoms with Crippen molar-refractivity contribution in [3.05, 3.63) is 124 Å². The number of amides is 3. The number of halogens is 1. The van der Waals surface area contributed by atoms with E-state index in [1.807, 2.05) is 57.2 Å². The van der Waals surface area contributed by atoms with E-state index in [0.717, 1.165) is 10.5 Å². The minimum Gasteiger partial charge on any atom is -0.494 e. The standard InChI is InChI=1S/C35H34ClN3O4S/c1-4-32(35(42)38-30-16-10-15-29(36)23(30)3)44-28-14-9-13-26(22-28)37-34(41)31(39-33(40)25-11-7-6-8-12-25)21-24-17-19-27(20-18-24)43-5-2/h6-22,32H,4-5H2,1-3H3,(H,37,41)(H,38,42)(H,39,40)/b31-21+. The Balaban J connectivity index is 1.51. The van der Waals surface area contributed by atoms with Gasteiger partial charge in [0.2, 0.25) is 5.91 Å². The van der Waals surface area contributed by atoms with E-state index in [9.17, 15) is 14.4 Å². The molecule has 3 amide bonds. The first-order valence-electron chi connectivity index (χ1n) is 14.2. The summed E-state index contributed by atoms with van der Waals surface area (Å²) < 4.78 is 5.51. The van der Waals surface area contributed by atoms with Crippen molar-refractivity contribution in [2.24, 2.45) is 0 Å². The largest absolute Gasteiger partial charge is 0.494 e. The molecule has 0 bridgehead atoms. The quantitative estimate of drug-likeness (QED) is 0.109. The zero-order chi connectivity index (χ0) is 31.5. The molecule has 0 aliphatic rings. The van der Waals surface area contributed by atoms with Crippen molar-refractivity contribution < 1.29 is 19.1 Å². The van der Waals surface area contributed by atoms with Gasteiger partial charge in [0.1, 0.15) is 11.4 Å². The van der Waals surface area contributed by atoms with E-state index >= 15 is 0 Å². The van der Waals surface area contributed by atoms with Crippen LogP contribution >= 0.6 is 23.4 Å². The number of rotatable bonds is 12. The van der Waals surface area contributed by atoms with Crippen LogP contribution in [0.2, 0.25) is 5.02 Å². The Hall–Kier alpha value is -4.53. The van der Waals surface area contributed by atoms with Crippen LogP contribution in [0.15, 0.2) is 108 Å². The van der Waals surface area contributed by atoms with Gasteiger partial charge >= 0.3 is 0 Å². The van der Waals surface area contributed by atoms with Crippen molar-refractivity contribution in [2.75, 3.05) is 17.2 Å². The molecule has 3 N–H and O–H groups in total. The second-order valence-corrected chi connectivity index (χ2v) is 11.5. The lowest BCUT2D eigenvalue weighted by Crippen LogP contribution is -2.30. The Morgan fingerprint density at radius 1 is 0.886 bits per heavy atom. The number of ether oxygens (including phenoxy) is 1. The molecule has 0 aromatic heterocycles. The highest BCUT2D eigenvalue weighted by atomic mass is 35.5. The molecular formula is C35H34ClN3O4S. The SMILES string of the molecule is CCOc1ccc(/C=C(/NC(=O)c2ccccc2)C(=O)Nc2cccc(SC(CC)C(=O)Nc3cccc(Cl)c3C)c2)cc1. The van der Waals surface area contributed by atoms with Crippen LogP contribution in [-0.4, -0.2) is 29.6 Å². The van der Waals surface area contributed by atoms with E-state index in [4.69, 9.17) is 16.3 Å². The third-order valence-electron chi connectivity index (χ3n) is 6.59. The van der Waals surface area contributed by atoms with E-state index in [1.54, 1.807) is 66.7 Å². The van der Waals surface area contributed by atoms with Crippen LogP contribution in [0.25, 0.3) is 6.08 Å². The van der Waals surface area contributed by atoms with Crippen molar-refractivity contribution in [1.29, 1.82) is 0 Å². The van der Waals surface area contributed by atoms with Crippen LogP contribution in [0.5, 0.6) is 5.75 Å². The second-order valence-electron chi connectivity index (χ2n) is 9.78. The summed E-state index contributed by atoms with van der Waals surface area (Å²) in [6, 6.07) is 28.6. The molecule has 1 unspecified atom stereocenters. The maximum Gasteiger partial charge on any atom is 0.272 e. The molecule has 0 aliphatic heterocycles. The first-order valence-corrected chi connectivity index (χ1v) is 15.5. The van der Waals surface area contributed by atoms with E-state index < -0.39 is 11.8 Å². The first kappa shape index (κ1) is 32.4. The fourth-order valence-electron chi connectivity index (χ4n) is 4.22. The van der Waals surface area contributed by atoms with Gasteiger partial charge in [0.15, 0.2) is 0 Å². The van der Waals surface area contributed by atoms with Gasteiger partial charge in [-0.2, -0.15) is 0 Å². The first-order chi connectivity index (χ1) is 21.3. The molecule has 0 aliphatic carbocycles. The summed E-state index contributed by atoms with van der Waals surface area (Å²) in [5.41, 5.74) is 3.21. The average Bonchev–Trinajstić information content (AvgIpc) is 3.03. The van der Waals surface area contributed by atoms with Crippen LogP contribution in [0, 0.1) is 6.92 Å². The normalized spacial score (nSPS) is 11.8. The molecule has 226 valence electrons. The van der Waals surface area contributed by atoms with Gasteiger partial charge in [0.25, 0.3) is 11.8 Å². The van der Waals surface area contributed by atoms with E-state index in [0.29, 0.717) is 46.3 Å². The van der Waals surface area contributed by atoms with Gasteiger partial charge in [-0.05, 0) is 92.1 Å². The van der Waals surface area contributed by atoms with Crippen LogP contribution in [0.4, 0.5) is 11.4 Å². The van der Waals surface area contributed by atoms with Gasteiger partial charge in [-0.3, -0.25) is 14.4 Å². The number of hydrogen-bond acceptors (Lipinski definition) is 5. The van der Waals surface area contributed by atoms with Crippen molar-refractivity contribution in [3.63, 3.8) is 0 Å². The highest BCUT2D eigenvalue weighted by Gasteiger charge is 2.20. The van der Waals surface area contributed by atoms with Gasteiger partial charge in [-0.25, -0.2) is 0 Å². The molecule has 9 heteroatoms. The molecule has 0 heterocycles. The third-order valence-corrected chi connectivity index (χ3v) is 8.36. The summed E-state index contributed by atoms with van der Waals surface area (Å²) in [7, 11) is 0. The highest BCUT2D eigenvalue weighted by Crippen LogP contribution is 2.30. The number of anilines is 2. The van der Waals surface area contributed by atoms with Gasteiger partial charge in [0, 0.05) is 26.9 Å². The van der Waals surface area contributed by atoms with Crippen molar-refractivity contribution in [2.45, 2.75) is 37.3 Å². The summed E-state index contributed by atoms with van der Waals surface area (Å²) >= 11 is 7.62. The molecular weight excluding hydrogens is 594 g/mol. The average molecular weight is 628 g/mol. The highest BCUT2D eigenvalue weighted by molar-refractivity contribution is 8.00. The Bertz CT molecular complexity index is 1640. The third kappa shape index (κ3) is 8.99. The Kier molecular flexibility index (Phi) is 11.6. The zero-order valence-electron chi connectivity index (χ0n) is 24.7. The molecule has 0 spiro atoms. The van der Waals surface area contributed by atoms with Crippen LogP contribution in [0.1, 0.15) is 41.8 Å². The molecule has 4 rings (SSSR count). The predicted molar refractivity (Wildman–Crippen MR) is 179 cm³/mol. The van der Waals surface area contributed by atoms with Gasteiger partial charge in [0.05, 0.1) is 11.9 Å². The summed E-state index contributed by atoms with van der Waals surface area (Å²) in [6.45, 7) is 6.25. The van der Waals surface area contributed by atoms with E-state index in [1.165, 1.54) is 11.8 Å². The predicted octanol–water partition coefficient (Wildman–Crippen LogP) is 7.97. The van der Waals surface area contributed by atoms with Crippen LogP contribution in [-0.2, 0) is 9.59 Å². The number of carbonyl (C=O) groups is 3. The molecule has 44 heavy (non-hydrogen) atoms. The van der Waals surface area contributed by atoms with Gasteiger partial charge in [-0.1, -0.05) is 61.0 Å². The van der Waals surface area contributed by atoms with E-state index in [-0.39, 0.29) is 16.9 Å². The molecule has 4 aromatic carbocycles. The number of carbonyl (C=O) groups excluding carboxylic acids is 3. The molecule has 1 atom stereocenters. The fourth-order valence-corrected chi connectivity index (χ4v) is 5.41. The number of thioether (sulfide) groups is 1. The maximum atomic E-state index is 13.5. The fraction of sp³-hybridized carbons (Fsp3) is 0.171. The van der Waals surface area contributed by atoms with Gasteiger partial charge < -0.3 is 20.7 Å². The molecule has 0 fully saturated rings. The van der Waals surface area contributed by atoms with E-state index in [2.05, 4.69) is 16.0 Å². The smallest absolute Gasteiger partial charge is 0.272 e. The lowest BCUT2D eigenvalue weighted by Gasteiger charge is -2.17. The molecule has 0 radical (unpaired) electrons. The van der Waals surface area contributed by atoms with Crippen molar-refractivity contribution in [3.8, 4) is 5.75 Å². The van der Waals surface area contributed by atoms with Crippen molar-refractivity contribution in [1.82, 2.24) is 5.32 Å². The van der Waals surface area contributed by atoms with Crippen molar-refractivity contribution >= 4 is 58.5 Å². The molecule has 0 saturated heterocycles. The summed E-state index contributed by atoms with van der Waals surface area (Å²) in [4.78, 5) is 40.4. The Morgan fingerprint density at radius 3 is 2.32 bits per heavy atom. The minimum atomic E-state index is -0.494. The number of nitrogens with one attached hydrogen (secondary N) is 3. The molecule has 7 nitrogen and oxygen atoms in total. The zero-order valence-corrected chi connectivity index (χ0v) is 26.3. The molecule has 4 aromatic rings. The Morgan fingerprint density at radius 2 is 1.61 bits per heavy atom. The number of hydrogen-bond donors (Lipinski definition) is 3. The lowest BCUT2D eigenvalue weighted by molar-refractivity contribution is -0.116. The summed E-state index contributed by atoms with van der Waals surface area (Å²) in [5, 5.41) is 8.84. The minimum absolute atomic E-state index is 0.0729. The monoisotopic (exact) mass is 627 g/mol. The van der Waals surface area contributed by atoms with Gasteiger partial charge in [-0.15, -0.1) is 11.8 Å². The topological polar surface area (TPSA) is 96.5 Å². The van der Waals surface area contributed by atoms with Crippen LogP contribution in [0.3, 0.4) is 0 Å².